The number of fused-ring (bicyclic) bond motifs is 2. The van der Waals surface area contributed by atoms with Gasteiger partial charge in [0, 0.05) is 30.9 Å². The van der Waals surface area contributed by atoms with Gasteiger partial charge in [0.15, 0.2) is 0 Å². The summed E-state index contributed by atoms with van der Waals surface area (Å²) in [7, 11) is 0. The van der Waals surface area contributed by atoms with Crippen LogP contribution in [-0.4, -0.2) is 33.6 Å². The number of benzene rings is 3. The highest BCUT2D eigenvalue weighted by Crippen LogP contribution is 2.35. The predicted molar refractivity (Wildman–Crippen MR) is 150 cm³/mol. The van der Waals surface area contributed by atoms with Crippen molar-refractivity contribution in [2.45, 2.75) is 0 Å². The summed E-state index contributed by atoms with van der Waals surface area (Å²) in [6.45, 7) is 0. The van der Waals surface area contributed by atoms with Gasteiger partial charge in [-0.15, -0.1) is 0 Å². The molecule has 10 heteroatoms. The molecule has 3 aromatic carbocycles. The molecule has 0 saturated carbocycles. The van der Waals surface area contributed by atoms with E-state index < -0.39 is 23.6 Å². The number of aromatic nitrogens is 2. The van der Waals surface area contributed by atoms with Crippen LogP contribution in [0.2, 0.25) is 0 Å². The Morgan fingerprint density at radius 3 is 1.24 bits per heavy atom. The molecule has 5 aromatic rings. The highest BCUT2D eigenvalue weighted by molar-refractivity contribution is 6.35. The van der Waals surface area contributed by atoms with Crippen molar-refractivity contribution in [2.24, 2.45) is 0 Å². The number of pyridine rings is 2. The molecule has 0 saturated heterocycles. The first-order valence-corrected chi connectivity index (χ1v) is 12.8. The number of carbonyl (C=O) groups excluding carboxylic acids is 4. The van der Waals surface area contributed by atoms with E-state index in [1.807, 2.05) is 0 Å². The van der Waals surface area contributed by atoms with E-state index in [1.165, 1.54) is 36.9 Å². The van der Waals surface area contributed by atoms with Crippen LogP contribution < -0.4 is 19.3 Å². The monoisotopic (exact) mass is 554 g/mol. The number of hydrogen-bond donors (Lipinski definition) is 0. The molecule has 202 valence electrons. The third-order valence-electron chi connectivity index (χ3n) is 6.83. The molecular weight excluding hydrogens is 536 g/mol. The zero-order chi connectivity index (χ0) is 28.8. The lowest BCUT2D eigenvalue weighted by Gasteiger charge is -2.12. The van der Waals surface area contributed by atoms with E-state index in [0.717, 1.165) is 9.80 Å². The molecule has 0 fully saturated rings. The Morgan fingerprint density at radius 2 is 0.810 bits per heavy atom. The van der Waals surface area contributed by atoms with Gasteiger partial charge in [0.05, 0.1) is 33.6 Å². The van der Waals surface area contributed by atoms with Crippen LogP contribution in [0, 0.1) is 0 Å². The van der Waals surface area contributed by atoms with Crippen LogP contribution in [-0.2, 0) is 0 Å². The molecule has 7 rings (SSSR count). The summed E-state index contributed by atoms with van der Waals surface area (Å²) in [5.74, 6) is -0.157. The van der Waals surface area contributed by atoms with Crippen LogP contribution >= 0.6 is 0 Å². The van der Waals surface area contributed by atoms with Crippen molar-refractivity contribution in [1.82, 2.24) is 9.97 Å². The summed E-state index contributed by atoms with van der Waals surface area (Å²) in [6, 6.07) is 22.6. The Bertz CT molecular complexity index is 1790. The summed E-state index contributed by atoms with van der Waals surface area (Å²) in [4.78, 5) is 61.9. The van der Waals surface area contributed by atoms with Crippen molar-refractivity contribution in [3.8, 4) is 23.0 Å². The molecule has 4 amide bonds. The molecule has 0 spiro atoms. The van der Waals surface area contributed by atoms with Gasteiger partial charge in [0.25, 0.3) is 23.6 Å². The van der Waals surface area contributed by atoms with Crippen molar-refractivity contribution in [3.05, 3.63) is 132 Å². The molecule has 2 aliphatic rings. The summed E-state index contributed by atoms with van der Waals surface area (Å²) >= 11 is 0. The third-order valence-corrected chi connectivity index (χ3v) is 6.83. The van der Waals surface area contributed by atoms with Crippen molar-refractivity contribution in [3.63, 3.8) is 0 Å². The van der Waals surface area contributed by atoms with Crippen molar-refractivity contribution in [2.75, 3.05) is 9.80 Å². The molecule has 0 aliphatic carbocycles. The second kappa shape index (κ2) is 9.79. The fourth-order valence-electron chi connectivity index (χ4n) is 4.90. The highest BCUT2D eigenvalue weighted by atomic mass is 16.5. The fraction of sp³-hybridized carbons (Fsp3) is 0. The SMILES string of the molecule is O=C1c2ccc(Oc3cccc(Oc4ccc5c(c4)C(=O)N(c4ccncc4)C5=O)c3)cc2C(=O)N1c1ccncc1. The largest absolute Gasteiger partial charge is 0.457 e. The average molecular weight is 555 g/mol. The smallest absolute Gasteiger partial charge is 0.266 e. The maximum Gasteiger partial charge on any atom is 0.266 e. The van der Waals surface area contributed by atoms with Crippen molar-refractivity contribution >= 4 is 35.0 Å². The summed E-state index contributed by atoms with van der Waals surface area (Å²) < 4.78 is 12.0. The van der Waals surface area contributed by atoms with Gasteiger partial charge in [-0.1, -0.05) is 6.07 Å². The Morgan fingerprint density at radius 1 is 0.429 bits per heavy atom. The lowest BCUT2D eigenvalue weighted by atomic mass is 10.1. The quantitative estimate of drug-likeness (QED) is 0.247. The number of imide groups is 2. The molecule has 0 radical (unpaired) electrons. The minimum atomic E-state index is -0.448. The molecular formula is C32H18N4O6. The third kappa shape index (κ3) is 4.14. The van der Waals surface area contributed by atoms with Crippen molar-refractivity contribution in [1.29, 1.82) is 0 Å². The summed E-state index contributed by atoms with van der Waals surface area (Å²) in [5, 5.41) is 0. The second-order valence-electron chi connectivity index (χ2n) is 9.40. The second-order valence-corrected chi connectivity index (χ2v) is 9.40. The summed E-state index contributed by atoms with van der Waals surface area (Å²) in [6.07, 6.45) is 6.06. The van der Waals surface area contributed by atoms with Gasteiger partial charge < -0.3 is 9.47 Å². The molecule has 0 bridgehead atoms. The topological polar surface area (TPSA) is 119 Å². The molecule has 0 atom stereocenters. The van der Waals surface area contributed by atoms with E-state index in [9.17, 15) is 19.2 Å². The van der Waals surface area contributed by atoms with Crippen LogP contribution in [0.5, 0.6) is 23.0 Å². The van der Waals surface area contributed by atoms with Gasteiger partial charge in [-0.05, 0) is 72.8 Å². The normalized spacial score (nSPS) is 13.8. The van der Waals surface area contributed by atoms with E-state index in [1.54, 1.807) is 72.8 Å². The Balaban J connectivity index is 1.10. The molecule has 42 heavy (non-hydrogen) atoms. The lowest BCUT2D eigenvalue weighted by Crippen LogP contribution is -2.29. The Kier molecular flexibility index (Phi) is 5.79. The first kappa shape index (κ1) is 24.9. The maximum absolute atomic E-state index is 13.1. The standard InChI is InChI=1S/C32H18N4O6/c37-29-25-6-4-23(17-27(25)31(39)35(29)19-8-12-33-13-9-19)41-21-2-1-3-22(16-21)42-24-5-7-26-28(18-24)32(40)36(30(26)38)20-10-14-34-15-11-20/h1-18H. The van der Waals surface area contributed by atoms with E-state index in [2.05, 4.69) is 9.97 Å². The fourth-order valence-corrected chi connectivity index (χ4v) is 4.90. The van der Waals surface area contributed by atoms with Gasteiger partial charge in [-0.2, -0.15) is 0 Å². The van der Waals surface area contributed by atoms with Gasteiger partial charge in [-0.25, -0.2) is 9.80 Å². The predicted octanol–water partition coefficient (Wildman–Crippen LogP) is 5.66. The molecule has 0 N–H and O–H groups in total. The lowest BCUT2D eigenvalue weighted by molar-refractivity contribution is 0.0910. The van der Waals surface area contributed by atoms with Gasteiger partial charge in [0.1, 0.15) is 23.0 Å². The minimum absolute atomic E-state index is 0.236. The van der Waals surface area contributed by atoms with E-state index in [-0.39, 0.29) is 22.3 Å². The maximum atomic E-state index is 13.1. The van der Waals surface area contributed by atoms with Gasteiger partial charge >= 0.3 is 0 Å². The van der Waals surface area contributed by atoms with E-state index in [0.29, 0.717) is 34.4 Å². The van der Waals surface area contributed by atoms with Crippen LogP contribution in [0.1, 0.15) is 41.4 Å². The zero-order valence-electron chi connectivity index (χ0n) is 21.6. The van der Waals surface area contributed by atoms with Gasteiger partial charge in [0.2, 0.25) is 0 Å². The summed E-state index contributed by atoms with van der Waals surface area (Å²) in [5.41, 5.74) is 1.92. The van der Waals surface area contributed by atoms with Crippen LogP contribution in [0.25, 0.3) is 0 Å². The molecule has 2 aliphatic heterocycles. The zero-order valence-corrected chi connectivity index (χ0v) is 21.6. The van der Waals surface area contributed by atoms with Gasteiger partial charge in [-0.3, -0.25) is 29.1 Å². The average Bonchev–Trinajstić information content (AvgIpc) is 3.41. The first-order chi connectivity index (χ1) is 20.5. The van der Waals surface area contributed by atoms with Crippen LogP contribution in [0.3, 0.4) is 0 Å². The van der Waals surface area contributed by atoms with Crippen molar-refractivity contribution < 1.29 is 28.7 Å². The number of rotatable bonds is 6. The van der Waals surface area contributed by atoms with Crippen LogP contribution in [0.15, 0.2) is 110 Å². The number of ether oxygens (including phenoxy) is 2. The molecule has 10 nitrogen and oxygen atoms in total. The molecule has 0 unspecified atom stereocenters. The number of nitrogens with zero attached hydrogens (tertiary/aromatic N) is 4. The number of carbonyl (C=O) groups is 4. The number of hydrogen-bond acceptors (Lipinski definition) is 8. The number of amides is 4. The van der Waals surface area contributed by atoms with Crippen LogP contribution in [0.4, 0.5) is 11.4 Å². The first-order valence-electron chi connectivity index (χ1n) is 12.8. The Labute approximate surface area is 238 Å². The minimum Gasteiger partial charge on any atom is -0.457 e. The molecule has 4 heterocycles. The highest BCUT2D eigenvalue weighted by Gasteiger charge is 2.38. The molecule has 2 aromatic heterocycles. The number of anilines is 2. The van der Waals surface area contributed by atoms with E-state index >= 15 is 0 Å². The Hall–Kier alpha value is -6.16. The van der Waals surface area contributed by atoms with E-state index in [4.69, 9.17) is 9.47 Å².